The normalized spacial score (nSPS) is 22.6. The van der Waals surface area contributed by atoms with Crippen LogP contribution in [0.2, 0.25) is 0 Å². The lowest BCUT2D eigenvalue weighted by atomic mass is 10.2. The topological polar surface area (TPSA) is 54.5 Å². The van der Waals surface area contributed by atoms with E-state index in [0.29, 0.717) is 18.8 Å². The zero-order chi connectivity index (χ0) is 14.5. The van der Waals surface area contributed by atoms with Gasteiger partial charge in [-0.3, -0.25) is 4.79 Å². The van der Waals surface area contributed by atoms with Gasteiger partial charge in [-0.2, -0.15) is 0 Å². The van der Waals surface area contributed by atoms with Crippen molar-refractivity contribution in [2.24, 2.45) is 0 Å². The fourth-order valence-electron chi connectivity index (χ4n) is 2.41. The second-order valence-electron chi connectivity index (χ2n) is 5.30. The Kier molecular flexibility index (Phi) is 4.95. The Bertz CT molecular complexity index is 454. The standard InChI is InChI=1S/C15H23N3O2/c1-4-8-16-14-7-5-6-13(17-14)15(19)18-9-11(2)20-12(3)10-18/h5-7,11-12H,4,8-10H2,1-3H3,(H,16,17)/t11-,12+. The summed E-state index contributed by atoms with van der Waals surface area (Å²) in [5.74, 6) is 0.735. The van der Waals surface area contributed by atoms with Gasteiger partial charge in [0, 0.05) is 19.6 Å². The van der Waals surface area contributed by atoms with E-state index in [-0.39, 0.29) is 18.1 Å². The molecular formula is C15H23N3O2. The summed E-state index contributed by atoms with van der Waals surface area (Å²) in [4.78, 5) is 18.7. The summed E-state index contributed by atoms with van der Waals surface area (Å²) in [6, 6.07) is 5.52. The van der Waals surface area contributed by atoms with Gasteiger partial charge < -0.3 is 15.0 Å². The molecule has 0 aromatic carbocycles. The van der Waals surface area contributed by atoms with E-state index in [1.807, 2.05) is 30.9 Å². The van der Waals surface area contributed by atoms with Gasteiger partial charge in [-0.25, -0.2) is 4.98 Å². The average molecular weight is 277 g/mol. The molecule has 1 fully saturated rings. The predicted molar refractivity (Wildman–Crippen MR) is 78.9 cm³/mol. The van der Waals surface area contributed by atoms with Crippen molar-refractivity contribution in [2.75, 3.05) is 25.0 Å². The molecular weight excluding hydrogens is 254 g/mol. The average Bonchev–Trinajstić information content (AvgIpc) is 2.43. The predicted octanol–water partition coefficient (Wildman–Crippen LogP) is 2.15. The van der Waals surface area contributed by atoms with Crippen LogP contribution in [-0.2, 0) is 4.74 Å². The van der Waals surface area contributed by atoms with Crippen LogP contribution in [0.4, 0.5) is 5.82 Å². The maximum absolute atomic E-state index is 12.5. The minimum atomic E-state index is -0.0212. The Labute approximate surface area is 120 Å². The minimum Gasteiger partial charge on any atom is -0.372 e. The molecule has 1 N–H and O–H groups in total. The molecule has 20 heavy (non-hydrogen) atoms. The van der Waals surface area contributed by atoms with Crippen molar-refractivity contribution in [3.8, 4) is 0 Å². The first-order chi connectivity index (χ1) is 9.60. The summed E-state index contributed by atoms with van der Waals surface area (Å²) in [5.41, 5.74) is 0.493. The first kappa shape index (κ1) is 14.8. The molecule has 1 aromatic heterocycles. The number of carbonyl (C=O) groups is 1. The molecule has 5 heteroatoms. The highest BCUT2D eigenvalue weighted by molar-refractivity contribution is 5.92. The second kappa shape index (κ2) is 6.70. The van der Waals surface area contributed by atoms with Crippen LogP contribution >= 0.6 is 0 Å². The first-order valence-corrected chi connectivity index (χ1v) is 7.25. The third-order valence-electron chi connectivity index (χ3n) is 3.23. The van der Waals surface area contributed by atoms with E-state index in [2.05, 4.69) is 17.2 Å². The number of aromatic nitrogens is 1. The molecule has 0 aliphatic carbocycles. The van der Waals surface area contributed by atoms with E-state index in [4.69, 9.17) is 4.74 Å². The molecule has 1 aliphatic rings. The van der Waals surface area contributed by atoms with Gasteiger partial charge in [0.2, 0.25) is 0 Å². The highest BCUT2D eigenvalue weighted by Crippen LogP contribution is 2.14. The number of ether oxygens (including phenoxy) is 1. The molecule has 0 radical (unpaired) electrons. The smallest absolute Gasteiger partial charge is 0.272 e. The number of amides is 1. The van der Waals surface area contributed by atoms with Gasteiger partial charge in [-0.15, -0.1) is 0 Å². The molecule has 2 rings (SSSR count). The molecule has 1 aromatic rings. The quantitative estimate of drug-likeness (QED) is 0.916. The summed E-state index contributed by atoms with van der Waals surface area (Å²) in [6.45, 7) is 8.18. The summed E-state index contributed by atoms with van der Waals surface area (Å²) in [5, 5.41) is 3.20. The van der Waals surface area contributed by atoms with Crippen molar-refractivity contribution in [1.82, 2.24) is 9.88 Å². The van der Waals surface area contributed by atoms with Gasteiger partial charge in [-0.1, -0.05) is 13.0 Å². The highest BCUT2D eigenvalue weighted by atomic mass is 16.5. The molecule has 1 amide bonds. The third-order valence-corrected chi connectivity index (χ3v) is 3.23. The molecule has 1 aliphatic heterocycles. The fraction of sp³-hybridized carbons (Fsp3) is 0.600. The van der Waals surface area contributed by atoms with Crippen molar-refractivity contribution < 1.29 is 9.53 Å². The van der Waals surface area contributed by atoms with Crippen molar-refractivity contribution in [3.05, 3.63) is 23.9 Å². The van der Waals surface area contributed by atoms with Gasteiger partial charge >= 0.3 is 0 Å². The number of morpholine rings is 1. The summed E-state index contributed by atoms with van der Waals surface area (Å²) < 4.78 is 5.65. The lowest BCUT2D eigenvalue weighted by Gasteiger charge is -2.35. The number of anilines is 1. The number of nitrogens with one attached hydrogen (secondary N) is 1. The SMILES string of the molecule is CCCNc1cccc(C(=O)N2C[C@@H](C)O[C@@H](C)C2)n1. The van der Waals surface area contributed by atoms with Crippen molar-refractivity contribution in [3.63, 3.8) is 0 Å². The zero-order valence-corrected chi connectivity index (χ0v) is 12.4. The van der Waals surface area contributed by atoms with Gasteiger partial charge in [0.1, 0.15) is 11.5 Å². The Balaban J connectivity index is 2.08. The lowest BCUT2D eigenvalue weighted by molar-refractivity contribution is -0.0587. The van der Waals surface area contributed by atoms with Gasteiger partial charge in [-0.05, 0) is 32.4 Å². The van der Waals surface area contributed by atoms with Crippen LogP contribution in [0.1, 0.15) is 37.7 Å². The van der Waals surface area contributed by atoms with E-state index in [9.17, 15) is 4.79 Å². The molecule has 2 heterocycles. The van der Waals surface area contributed by atoms with E-state index in [1.54, 1.807) is 6.07 Å². The highest BCUT2D eigenvalue weighted by Gasteiger charge is 2.27. The minimum absolute atomic E-state index is 0.0212. The number of carbonyl (C=O) groups excluding carboxylic acids is 1. The van der Waals surface area contributed by atoms with Crippen LogP contribution in [0, 0.1) is 0 Å². The number of hydrogen-bond acceptors (Lipinski definition) is 4. The van der Waals surface area contributed by atoms with Crippen LogP contribution < -0.4 is 5.32 Å². The Morgan fingerprint density at radius 1 is 1.40 bits per heavy atom. The van der Waals surface area contributed by atoms with E-state index in [0.717, 1.165) is 18.8 Å². The fourth-order valence-corrected chi connectivity index (χ4v) is 2.41. The number of hydrogen-bond donors (Lipinski definition) is 1. The number of nitrogens with zero attached hydrogens (tertiary/aromatic N) is 2. The largest absolute Gasteiger partial charge is 0.372 e. The van der Waals surface area contributed by atoms with Crippen LogP contribution in [0.3, 0.4) is 0 Å². The summed E-state index contributed by atoms with van der Waals surface area (Å²) in [7, 11) is 0. The maximum atomic E-state index is 12.5. The molecule has 2 atom stereocenters. The Morgan fingerprint density at radius 2 is 2.10 bits per heavy atom. The molecule has 0 saturated carbocycles. The third kappa shape index (κ3) is 3.70. The zero-order valence-electron chi connectivity index (χ0n) is 12.4. The van der Waals surface area contributed by atoms with E-state index >= 15 is 0 Å². The summed E-state index contributed by atoms with van der Waals surface area (Å²) >= 11 is 0. The van der Waals surface area contributed by atoms with E-state index in [1.165, 1.54) is 0 Å². The van der Waals surface area contributed by atoms with Crippen molar-refractivity contribution in [1.29, 1.82) is 0 Å². The molecule has 0 spiro atoms. The monoisotopic (exact) mass is 277 g/mol. The first-order valence-electron chi connectivity index (χ1n) is 7.25. The molecule has 0 unspecified atom stereocenters. The van der Waals surface area contributed by atoms with Gasteiger partial charge in [0.05, 0.1) is 12.2 Å². The van der Waals surface area contributed by atoms with Gasteiger partial charge in [0.15, 0.2) is 0 Å². The Hall–Kier alpha value is -1.62. The Morgan fingerprint density at radius 3 is 2.75 bits per heavy atom. The molecule has 5 nitrogen and oxygen atoms in total. The van der Waals surface area contributed by atoms with Crippen molar-refractivity contribution in [2.45, 2.75) is 39.4 Å². The maximum Gasteiger partial charge on any atom is 0.272 e. The van der Waals surface area contributed by atoms with Crippen molar-refractivity contribution >= 4 is 11.7 Å². The lowest BCUT2D eigenvalue weighted by Crippen LogP contribution is -2.48. The number of pyridine rings is 1. The second-order valence-corrected chi connectivity index (χ2v) is 5.30. The molecule has 0 bridgehead atoms. The van der Waals surface area contributed by atoms with E-state index < -0.39 is 0 Å². The van der Waals surface area contributed by atoms with Crippen LogP contribution in [0.25, 0.3) is 0 Å². The van der Waals surface area contributed by atoms with Crippen LogP contribution in [-0.4, -0.2) is 47.6 Å². The van der Waals surface area contributed by atoms with Crippen LogP contribution in [0.5, 0.6) is 0 Å². The van der Waals surface area contributed by atoms with Crippen LogP contribution in [0.15, 0.2) is 18.2 Å². The molecule has 1 saturated heterocycles. The van der Waals surface area contributed by atoms with Gasteiger partial charge in [0.25, 0.3) is 5.91 Å². The summed E-state index contributed by atoms with van der Waals surface area (Å²) in [6.07, 6.45) is 1.17. The number of rotatable bonds is 4. The molecule has 110 valence electrons.